The van der Waals surface area contributed by atoms with Gasteiger partial charge in [0.15, 0.2) is 0 Å². The molecule has 0 atom stereocenters. The standard InChI is InChI=1S/C15H22O/c1-5-12(6-2)14(16)15(3,4)13-10-8-7-9-11-13/h7-12H,5-6H2,1-4H3. The Hall–Kier alpha value is -1.11. The largest absolute Gasteiger partial charge is 0.298 e. The van der Waals surface area contributed by atoms with Gasteiger partial charge in [-0.05, 0) is 32.3 Å². The molecule has 16 heavy (non-hydrogen) atoms. The van der Waals surface area contributed by atoms with Gasteiger partial charge in [-0.3, -0.25) is 4.79 Å². The maximum absolute atomic E-state index is 12.4. The molecule has 1 heteroatoms. The molecule has 0 heterocycles. The van der Waals surface area contributed by atoms with Gasteiger partial charge in [-0.15, -0.1) is 0 Å². The van der Waals surface area contributed by atoms with Crippen molar-refractivity contribution in [2.45, 2.75) is 46.0 Å². The first-order valence-corrected chi connectivity index (χ1v) is 6.13. The Kier molecular flexibility index (Phi) is 4.28. The molecule has 0 amide bonds. The molecule has 1 aromatic rings. The van der Waals surface area contributed by atoms with Crippen molar-refractivity contribution < 1.29 is 4.79 Å². The topological polar surface area (TPSA) is 17.1 Å². The zero-order chi connectivity index (χ0) is 12.2. The minimum atomic E-state index is -0.363. The molecule has 0 aliphatic heterocycles. The third-order valence-electron chi connectivity index (χ3n) is 3.47. The fraction of sp³-hybridized carbons (Fsp3) is 0.533. The summed E-state index contributed by atoms with van der Waals surface area (Å²) in [6.45, 7) is 8.24. The van der Waals surface area contributed by atoms with Crippen molar-refractivity contribution in [3.8, 4) is 0 Å². The van der Waals surface area contributed by atoms with Gasteiger partial charge in [-0.1, -0.05) is 44.2 Å². The van der Waals surface area contributed by atoms with E-state index in [1.807, 2.05) is 44.2 Å². The lowest BCUT2D eigenvalue weighted by Gasteiger charge is -2.27. The molecule has 0 fully saturated rings. The molecule has 0 aliphatic rings. The van der Waals surface area contributed by atoms with Crippen LogP contribution in [-0.2, 0) is 10.2 Å². The first kappa shape index (κ1) is 13.0. The van der Waals surface area contributed by atoms with Gasteiger partial charge in [0.1, 0.15) is 5.78 Å². The first-order chi connectivity index (χ1) is 7.54. The number of hydrogen-bond donors (Lipinski definition) is 0. The van der Waals surface area contributed by atoms with Crippen LogP contribution < -0.4 is 0 Å². The van der Waals surface area contributed by atoms with E-state index in [4.69, 9.17) is 0 Å². The van der Waals surface area contributed by atoms with Gasteiger partial charge in [-0.2, -0.15) is 0 Å². The molecule has 1 aromatic carbocycles. The molecule has 1 rings (SSSR count). The summed E-state index contributed by atoms with van der Waals surface area (Å²) in [6.07, 6.45) is 1.87. The van der Waals surface area contributed by atoms with Crippen LogP contribution in [0.4, 0.5) is 0 Å². The smallest absolute Gasteiger partial charge is 0.145 e. The molecule has 88 valence electrons. The van der Waals surface area contributed by atoms with Gasteiger partial charge in [0, 0.05) is 11.3 Å². The van der Waals surface area contributed by atoms with Crippen LogP contribution in [0.25, 0.3) is 0 Å². The third kappa shape index (κ3) is 2.52. The number of hydrogen-bond acceptors (Lipinski definition) is 1. The van der Waals surface area contributed by atoms with Gasteiger partial charge in [0.2, 0.25) is 0 Å². The highest BCUT2D eigenvalue weighted by molar-refractivity contribution is 5.91. The molecule has 0 saturated heterocycles. The summed E-state index contributed by atoms with van der Waals surface area (Å²) >= 11 is 0. The highest BCUT2D eigenvalue weighted by Crippen LogP contribution is 2.29. The molecule has 0 bridgehead atoms. The average molecular weight is 218 g/mol. The van der Waals surface area contributed by atoms with Crippen molar-refractivity contribution in [1.82, 2.24) is 0 Å². The lowest BCUT2D eigenvalue weighted by molar-refractivity contribution is -0.127. The Bertz CT molecular complexity index is 334. The van der Waals surface area contributed by atoms with Crippen molar-refractivity contribution in [2.24, 2.45) is 5.92 Å². The second-order valence-electron chi connectivity index (χ2n) is 4.87. The number of carbonyl (C=O) groups excluding carboxylic acids is 1. The molecule has 0 radical (unpaired) electrons. The predicted octanol–water partition coefficient (Wildman–Crippen LogP) is 3.97. The van der Waals surface area contributed by atoms with Gasteiger partial charge in [-0.25, -0.2) is 0 Å². The molecular weight excluding hydrogens is 196 g/mol. The quantitative estimate of drug-likeness (QED) is 0.731. The van der Waals surface area contributed by atoms with Crippen molar-refractivity contribution in [2.75, 3.05) is 0 Å². The number of rotatable bonds is 5. The van der Waals surface area contributed by atoms with E-state index in [2.05, 4.69) is 13.8 Å². The van der Waals surface area contributed by atoms with E-state index >= 15 is 0 Å². The summed E-state index contributed by atoms with van der Waals surface area (Å²) < 4.78 is 0. The Morgan fingerprint density at radius 1 is 1.12 bits per heavy atom. The molecule has 0 aromatic heterocycles. The Morgan fingerprint density at radius 2 is 1.62 bits per heavy atom. The fourth-order valence-corrected chi connectivity index (χ4v) is 2.17. The molecular formula is C15H22O. The molecule has 0 saturated carbocycles. The number of benzene rings is 1. The minimum absolute atomic E-state index is 0.190. The molecule has 0 unspecified atom stereocenters. The van der Waals surface area contributed by atoms with Crippen molar-refractivity contribution in [3.05, 3.63) is 35.9 Å². The highest BCUT2D eigenvalue weighted by atomic mass is 16.1. The SMILES string of the molecule is CCC(CC)C(=O)C(C)(C)c1ccccc1. The van der Waals surface area contributed by atoms with Crippen molar-refractivity contribution in [3.63, 3.8) is 0 Å². The maximum atomic E-state index is 12.4. The predicted molar refractivity (Wildman–Crippen MR) is 68.5 cm³/mol. The van der Waals surface area contributed by atoms with E-state index < -0.39 is 0 Å². The van der Waals surface area contributed by atoms with E-state index in [-0.39, 0.29) is 11.3 Å². The summed E-state index contributed by atoms with van der Waals surface area (Å²) in [5, 5.41) is 0. The van der Waals surface area contributed by atoms with Crippen LogP contribution in [-0.4, -0.2) is 5.78 Å². The van der Waals surface area contributed by atoms with Gasteiger partial charge < -0.3 is 0 Å². The van der Waals surface area contributed by atoms with Crippen molar-refractivity contribution >= 4 is 5.78 Å². The summed E-state index contributed by atoms with van der Waals surface area (Å²) in [4.78, 5) is 12.4. The summed E-state index contributed by atoms with van der Waals surface area (Å²) in [5.41, 5.74) is 0.754. The van der Waals surface area contributed by atoms with Crippen LogP contribution in [0.5, 0.6) is 0 Å². The number of carbonyl (C=O) groups is 1. The van der Waals surface area contributed by atoms with Gasteiger partial charge in [0.05, 0.1) is 0 Å². The number of Topliss-reactive ketones (excluding diaryl/α,β-unsaturated/α-hetero) is 1. The first-order valence-electron chi connectivity index (χ1n) is 6.13. The Labute approximate surface area is 98.9 Å². The van der Waals surface area contributed by atoms with Gasteiger partial charge >= 0.3 is 0 Å². The summed E-state index contributed by atoms with van der Waals surface area (Å²) in [7, 11) is 0. The molecule has 0 N–H and O–H groups in total. The zero-order valence-corrected chi connectivity index (χ0v) is 10.8. The van der Waals surface area contributed by atoms with E-state index in [0.717, 1.165) is 18.4 Å². The second kappa shape index (κ2) is 5.29. The Morgan fingerprint density at radius 3 is 2.06 bits per heavy atom. The van der Waals surface area contributed by atoms with Crippen LogP contribution in [0.1, 0.15) is 46.1 Å². The molecule has 0 spiro atoms. The lowest BCUT2D eigenvalue weighted by Crippen LogP contribution is -2.34. The van der Waals surface area contributed by atoms with E-state index in [9.17, 15) is 4.79 Å². The maximum Gasteiger partial charge on any atom is 0.145 e. The summed E-state index contributed by atoms with van der Waals surface area (Å²) in [6, 6.07) is 10.1. The second-order valence-corrected chi connectivity index (χ2v) is 4.87. The van der Waals surface area contributed by atoms with Crippen LogP contribution >= 0.6 is 0 Å². The third-order valence-corrected chi connectivity index (χ3v) is 3.47. The lowest BCUT2D eigenvalue weighted by atomic mass is 9.74. The average Bonchev–Trinajstić information content (AvgIpc) is 2.31. The van der Waals surface area contributed by atoms with Crippen LogP contribution in [0, 0.1) is 5.92 Å². The van der Waals surface area contributed by atoms with E-state index in [0.29, 0.717) is 5.78 Å². The normalized spacial score (nSPS) is 11.8. The van der Waals surface area contributed by atoms with E-state index in [1.54, 1.807) is 0 Å². The van der Waals surface area contributed by atoms with Crippen LogP contribution in [0.2, 0.25) is 0 Å². The zero-order valence-electron chi connectivity index (χ0n) is 10.8. The van der Waals surface area contributed by atoms with Crippen LogP contribution in [0.3, 0.4) is 0 Å². The highest BCUT2D eigenvalue weighted by Gasteiger charge is 2.33. The summed E-state index contributed by atoms with van der Waals surface area (Å²) in [5.74, 6) is 0.555. The van der Waals surface area contributed by atoms with Crippen LogP contribution in [0.15, 0.2) is 30.3 Å². The number of ketones is 1. The fourth-order valence-electron chi connectivity index (χ4n) is 2.17. The van der Waals surface area contributed by atoms with Gasteiger partial charge in [0.25, 0.3) is 0 Å². The van der Waals surface area contributed by atoms with E-state index in [1.165, 1.54) is 0 Å². The monoisotopic (exact) mass is 218 g/mol. The Balaban J connectivity index is 2.98. The minimum Gasteiger partial charge on any atom is -0.298 e. The molecule has 0 aliphatic carbocycles. The van der Waals surface area contributed by atoms with Crippen molar-refractivity contribution in [1.29, 1.82) is 0 Å². The molecule has 1 nitrogen and oxygen atoms in total.